The number of nitrogens with zero attached hydrogens (tertiary/aromatic N) is 2. The minimum absolute atomic E-state index is 0.0235. The molecule has 50 heavy (non-hydrogen) atoms. The summed E-state index contributed by atoms with van der Waals surface area (Å²) in [7, 11) is -3.96. The Balaban J connectivity index is 1.96. The van der Waals surface area contributed by atoms with E-state index >= 15 is 0 Å². The summed E-state index contributed by atoms with van der Waals surface area (Å²) in [6.45, 7) is 10.4. The zero-order chi connectivity index (χ0) is 37.3. The Hall–Kier alpha value is -3.40. The second-order valence-corrected chi connectivity index (χ2v) is 15.7. The monoisotopic (exact) mass is 729 g/mol. The third-order valence-electron chi connectivity index (χ3n) is 8.90. The SMILES string of the molecule is CCC/C=C/S(=O)(=O)N[C@@H](CNC(=O)CNC(=O)C(CCC1CCN(C(=O)O)CC1)CCC1CCN(C(=O)OC(C)(C)C)CC1)C(=O)OCC. The molecule has 1 unspecified atom stereocenters. The highest BCUT2D eigenvalue weighted by Crippen LogP contribution is 2.29. The number of carbonyl (C=O) groups excluding carboxylic acids is 4. The molecule has 2 aliphatic heterocycles. The van der Waals surface area contributed by atoms with Crippen molar-refractivity contribution in [2.45, 2.75) is 110 Å². The van der Waals surface area contributed by atoms with Gasteiger partial charge in [-0.05, 0) is 97.3 Å². The number of carbonyl (C=O) groups is 5. The second kappa shape index (κ2) is 21.1. The number of ether oxygens (including phenoxy) is 2. The zero-order valence-corrected chi connectivity index (χ0v) is 31.2. The average molecular weight is 730 g/mol. The van der Waals surface area contributed by atoms with Crippen LogP contribution in [0.2, 0.25) is 0 Å². The fraction of sp³-hybridized carbons (Fsp3) is 0.794. The molecule has 0 radical (unpaired) electrons. The molecule has 2 atom stereocenters. The molecule has 2 heterocycles. The second-order valence-electron chi connectivity index (χ2n) is 14.1. The third-order valence-corrected chi connectivity index (χ3v) is 10.1. The molecule has 2 rings (SSSR count). The van der Waals surface area contributed by atoms with E-state index in [-0.39, 0.29) is 37.6 Å². The summed E-state index contributed by atoms with van der Waals surface area (Å²) in [4.78, 5) is 65.5. The van der Waals surface area contributed by atoms with Crippen LogP contribution in [-0.2, 0) is 33.9 Å². The normalized spacial score (nSPS) is 17.6. The number of esters is 1. The molecule has 15 nitrogen and oxygen atoms in total. The molecule has 0 aromatic rings. The first kappa shape index (κ1) is 42.8. The summed E-state index contributed by atoms with van der Waals surface area (Å²) in [5.41, 5.74) is -0.568. The van der Waals surface area contributed by atoms with Gasteiger partial charge in [-0.15, -0.1) is 0 Å². The van der Waals surface area contributed by atoms with Gasteiger partial charge in [-0.25, -0.2) is 18.0 Å². The molecule has 0 aliphatic carbocycles. The standard InChI is InChI=1S/C34H59N5O10S/c1-6-8-9-22-50(46,47)37-28(31(42)48-7-2)23-35-29(40)24-36-30(41)27(12-10-25-14-18-38(19-15-25)32(43)44)13-11-26-16-20-39(21-17-26)33(45)49-34(3,4)5/h9,22,25-28,37H,6-8,10-21,23-24H2,1-5H3,(H,35,40)(H,36,41)(H,43,44)/b22-9+/t27?,28-/m0/s1. The van der Waals surface area contributed by atoms with Crippen molar-refractivity contribution in [2.24, 2.45) is 17.8 Å². The van der Waals surface area contributed by atoms with E-state index in [4.69, 9.17) is 9.47 Å². The number of rotatable bonds is 18. The highest BCUT2D eigenvalue weighted by Gasteiger charge is 2.30. The van der Waals surface area contributed by atoms with Gasteiger partial charge in [-0.2, -0.15) is 4.72 Å². The van der Waals surface area contributed by atoms with Crippen molar-refractivity contribution >= 4 is 40.0 Å². The summed E-state index contributed by atoms with van der Waals surface area (Å²) < 4.78 is 37.6. The van der Waals surface area contributed by atoms with Crippen LogP contribution in [0, 0.1) is 17.8 Å². The van der Waals surface area contributed by atoms with Gasteiger partial charge in [0.1, 0.15) is 11.6 Å². The first-order chi connectivity index (χ1) is 23.5. The lowest BCUT2D eigenvalue weighted by molar-refractivity contribution is -0.145. The maximum absolute atomic E-state index is 13.4. The highest BCUT2D eigenvalue weighted by atomic mass is 32.2. The van der Waals surface area contributed by atoms with Gasteiger partial charge in [0.25, 0.3) is 0 Å². The maximum atomic E-state index is 13.4. The molecule has 0 saturated carbocycles. The smallest absolute Gasteiger partial charge is 0.410 e. The molecule has 0 spiro atoms. The van der Waals surface area contributed by atoms with Gasteiger partial charge in [0.2, 0.25) is 21.8 Å². The minimum Gasteiger partial charge on any atom is -0.465 e. The van der Waals surface area contributed by atoms with Crippen LogP contribution in [-0.4, -0.2) is 111 Å². The van der Waals surface area contributed by atoms with Crippen molar-refractivity contribution in [1.82, 2.24) is 25.2 Å². The van der Waals surface area contributed by atoms with Crippen LogP contribution in [0.15, 0.2) is 11.5 Å². The molecule has 0 aromatic heterocycles. The summed E-state index contributed by atoms with van der Waals surface area (Å²) in [6, 6.07) is -1.35. The molecule has 2 saturated heterocycles. The summed E-state index contributed by atoms with van der Waals surface area (Å²) in [5, 5.41) is 15.5. The van der Waals surface area contributed by atoms with Crippen LogP contribution >= 0.6 is 0 Å². The molecule has 4 amide bonds. The Labute approximate surface area is 297 Å². The summed E-state index contributed by atoms with van der Waals surface area (Å²) in [5.74, 6) is -1.47. The highest BCUT2D eigenvalue weighted by molar-refractivity contribution is 7.92. The fourth-order valence-corrected chi connectivity index (χ4v) is 7.07. The van der Waals surface area contributed by atoms with E-state index in [9.17, 15) is 37.5 Å². The van der Waals surface area contributed by atoms with Crippen LogP contribution in [0.25, 0.3) is 0 Å². The molecule has 2 fully saturated rings. The van der Waals surface area contributed by atoms with E-state index in [1.165, 1.54) is 11.0 Å². The number of nitrogens with one attached hydrogen (secondary N) is 3. The number of amides is 4. The van der Waals surface area contributed by atoms with E-state index in [2.05, 4.69) is 15.4 Å². The Kier molecular flexibility index (Phi) is 18.0. The van der Waals surface area contributed by atoms with Crippen molar-refractivity contribution in [3.63, 3.8) is 0 Å². The Bertz CT molecular complexity index is 1250. The number of hydrogen-bond donors (Lipinski definition) is 4. The molecular weight excluding hydrogens is 670 g/mol. The van der Waals surface area contributed by atoms with E-state index < -0.39 is 39.6 Å². The quantitative estimate of drug-likeness (QED) is 0.151. The minimum atomic E-state index is -3.96. The van der Waals surface area contributed by atoms with E-state index in [1.54, 1.807) is 11.8 Å². The van der Waals surface area contributed by atoms with Crippen molar-refractivity contribution in [3.8, 4) is 0 Å². The van der Waals surface area contributed by atoms with Crippen LogP contribution < -0.4 is 15.4 Å². The Morgan fingerprint density at radius 2 is 1.46 bits per heavy atom. The lowest BCUT2D eigenvalue weighted by atomic mass is 9.84. The van der Waals surface area contributed by atoms with Gasteiger partial charge < -0.3 is 35.0 Å². The summed E-state index contributed by atoms with van der Waals surface area (Å²) in [6.07, 6.45) is 7.27. The topological polar surface area (TPSA) is 201 Å². The predicted octanol–water partition coefficient (Wildman–Crippen LogP) is 3.60. The first-order valence-electron chi connectivity index (χ1n) is 17.9. The van der Waals surface area contributed by atoms with Crippen LogP contribution in [0.5, 0.6) is 0 Å². The molecule has 0 aromatic carbocycles. The lowest BCUT2D eigenvalue weighted by Crippen LogP contribution is -2.50. The van der Waals surface area contributed by atoms with Crippen molar-refractivity contribution in [1.29, 1.82) is 0 Å². The van der Waals surface area contributed by atoms with E-state index in [0.29, 0.717) is 57.3 Å². The predicted molar refractivity (Wildman–Crippen MR) is 187 cm³/mol. The zero-order valence-electron chi connectivity index (χ0n) is 30.4. The van der Waals surface area contributed by atoms with Crippen molar-refractivity contribution in [3.05, 3.63) is 11.5 Å². The van der Waals surface area contributed by atoms with E-state index in [1.807, 2.05) is 27.7 Å². The Morgan fingerprint density at radius 3 is 1.96 bits per heavy atom. The summed E-state index contributed by atoms with van der Waals surface area (Å²) >= 11 is 0. The molecule has 0 bridgehead atoms. The van der Waals surface area contributed by atoms with Crippen molar-refractivity contribution < 1.29 is 47.0 Å². The fourth-order valence-electron chi connectivity index (χ4n) is 6.03. The number of unbranched alkanes of at least 4 members (excludes halogenated alkanes) is 1. The number of piperidine rings is 2. The lowest BCUT2D eigenvalue weighted by Gasteiger charge is -2.34. The first-order valence-corrected chi connectivity index (χ1v) is 19.4. The number of hydrogen-bond acceptors (Lipinski definition) is 9. The largest absolute Gasteiger partial charge is 0.465 e. The van der Waals surface area contributed by atoms with Crippen LogP contribution in [0.1, 0.15) is 98.8 Å². The van der Waals surface area contributed by atoms with Gasteiger partial charge in [-0.3, -0.25) is 14.4 Å². The van der Waals surface area contributed by atoms with Crippen LogP contribution in [0.3, 0.4) is 0 Å². The molecule has 16 heteroatoms. The van der Waals surface area contributed by atoms with Gasteiger partial charge in [-0.1, -0.05) is 19.4 Å². The third kappa shape index (κ3) is 16.5. The molecule has 2 aliphatic rings. The number of allylic oxidation sites excluding steroid dienone is 1. The van der Waals surface area contributed by atoms with Crippen LogP contribution in [0.4, 0.5) is 9.59 Å². The number of carboxylic acid groups (broad SMARTS) is 1. The van der Waals surface area contributed by atoms with Crippen molar-refractivity contribution in [2.75, 3.05) is 45.9 Å². The maximum Gasteiger partial charge on any atom is 0.410 e. The van der Waals surface area contributed by atoms with Gasteiger partial charge in [0, 0.05) is 44.0 Å². The molecule has 286 valence electrons. The van der Waals surface area contributed by atoms with Gasteiger partial charge in [0.15, 0.2) is 0 Å². The number of likely N-dealkylation sites (tertiary alicyclic amines) is 2. The Morgan fingerprint density at radius 1 is 0.900 bits per heavy atom. The van der Waals surface area contributed by atoms with Gasteiger partial charge in [0.05, 0.1) is 13.2 Å². The molecule has 4 N–H and O–H groups in total. The van der Waals surface area contributed by atoms with Gasteiger partial charge >= 0.3 is 18.2 Å². The van der Waals surface area contributed by atoms with E-state index in [0.717, 1.165) is 50.4 Å². The average Bonchev–Trinajstić information content (AvgIpc) is 3.05. The molecular formula is C34H59N5O10S. The number of sulfonamides is 1.